The van der Waals surface area contributed by atoms with Crippen LogP contribution in [0.25, 0.3) is 0 Å². The van der Waals surface area contributed by atoms with Crippen molar-refractivity contribution in [3.8, 4) is 0 Å². The molecule has 18 heavy (non-hydrogen) atoms. The van der Waals surface area contributed by atoms with Gasteiger partial charge < -0.3 is 5.43 Å². The maximum Gasteiger partial charge on any atom is 0.240 e. The van der Waals surface area contributed by atoms with Crippen molar-refractivity contribution in [2.45, 2.75) is 44.0 Å². The number of unbranched alkanes of at least 4 members (excludes halogenated alkanes) is 1. The van der Waals surface area contributed by atoms with Gasteiger partial charge in [-0.1, -0.05) is 19.8 Å². The van der Waals surface area contributed by atoms with Crippen LogP contribution in [0.4, 0.5) is 5.82 Å². The predicted molar refractivity (Wildman–Crippen MR) is 71.4 cm³/mol. The molecule has 4 N–H and O–H groups in total. The summed E-state index contributed by atoms with van der Waals surface area (Å²) in [6.45, 7) is 3.93. The molecule has 0 aromatic carbocycles. The zero-order valence-electron chi connectivity index (χ0n) is 10.7. The molecule has 1 rings (SSSR count). The molecule has 0 radical (unpaired) electrons. The van der Waals surface area contributed by atoms with Gasteiger partial charge in [-0.3, -0.25) is 0 Å². The molecule has 0 bridgehead atoms. The number of aromatic nitrogens is 1. The van der Waals surface area contributed by atoms with Gasteiger partial charge in [0.25, 0.3) is 0 Å². The van der Waals surface area contributed by atoms with Gasteiger partial charge in [0.2, 0.25) is 10.0 Å². The summed E-state index contributed by atoms with van der Waals surface area (Å²) in [5.41, 5.74) is 2.32. The highest BCUT2D eigenvalue weighted by Gasteiger charge is 2.17. The molecule has 1 aromatic heterocycles. The van der Waals surface area contributed by atoms with Crippen molar-refractivity contribution in [3.05, 3.63) is 18.3 Å². The standard InChI is InChI=1S/C11H20N4O2S/c1-3-4-5-9(2)15-18(16,17)10-6-7-13-11(8-10)14-12/h6-9,15H,3-5,12H2,1-2H3,(H,13,14). The minimum atomic E-state index is -3.51. The van der Waals surface area contributed by atoms with Crippen LogP contribution < -0.4 is 16.0 Å². The Balaban J connectivity index is 2.79. The van der Waals surface area contributed by atoms with Crippen LogP contribution in [0.1, 0.15) is 33.1 Å². The van der Waals surface area contributed by atoms with E-state index in [-0.39, 0.29) is 10.9 Å². The molecule has 0 saturated heterocycles. The molecule has 7 heteroatoms. The Kier molecular flexibility index (Phi) is 5.52. The minimum Gasteiger partial charge on any atom is -0.308 e. The van der Waals surface area contributed by atoms with E-state index in [2.05, 4.69) is 22.1 Å². The number of hydrogen-bond acceptors (Lipinski definition) is 5. The average molecular weight is 272 g/mol. The number of anilines is 1. The number of hydrogen-bond donors (Lipinski definition) is 3. The first kappa shape index (κ1) is 14.9. The first-order valence-corrected chi connectivity index (χ1v) is 7.43. The normalized spacial score (nSPS) is 13.3. The van der Waals surface area contributed by atoms with Crippen molar-refractivity contribution in [1.82, 2.24) is 9.71 Å². The van der Waals surface area contributed by atoms with Crippen molar-refractivity contribution in [3.63, 3.8) is 0 Å². The van der Waals surface area contributed by atoms with E-state index in [1.807, 2.05) is 6.92 Å². The molecule has 1 unspecified atom stereocenters. The Morgan fingerprint density at radius 2 is 2.22 bits per heavy atom. The molecule has 1 heterocycles. The highest BCUT2D eigenvalue weighted by molar-refractivity contribution is 7.89. The molecule has 0 aliphatic heterocycles. The van der Waals surface area contributed by atoms with Gasteiger partial charge in [-0.25, -0.2) is 24.0 Å². The van der Waals surface area contributed by atoms with Crippen LogP contribution in [0.3, 0.4) is 0 Å². The molecular formula is C11H20N4O2S. The third-order valence-electron chi connectivity index (χ3n) is 2.54. The Labute approximate surface area is 108 Å². The maximum absolute atomic E-state index is 12.1. The molecule has 6 nitrogen and oxygen atoms in total. The van der Waals surface area contributed by atoms with Crippen LogP contribution in [0.5, 0.6) is 0 Å². The Morgan fingerprint density at radius 3 is 2.83 bits per heavy atom. The summed E-state index contributed by atoms with van der Waals surface area (Å²) in [5.74, 6) is 5.52. The summed E-state index contributed by atoms with van der Waals surface area (Å²) in [7, 11) is -3.51. The summed E-state index contributed by atoms with van der Waals surface area (Å²) in [5, 5.41) is 0. The second-order valence-electron chi connectivity index (χ2n) is 4.19. The SMILES string of the molecule is CCCCC(C)NS(=O)(=O)c1ccnc(NN)c1. The van der Waals surface area contributed by atoms with Crippen LogP contribution in [-0.4, -0.2) is 19.4 Å². The van der Waals surface area contributed by atoms with Crippen molar-refractivity contribution < 1.29 is 8.42 Å². The molecule has 1 aromatic rings. The van der Waals surface area contributed by atoms with Gasteiger partial charge >= 0.3 is 0 Å². The van der Waals surface area contributed by atoms with Gasteiger partial charge in [0.1, 0.15) is 5.82 Å². The fraction of sp³-hybridized carbons (Fsp3) is 0.545. The number of nitrogens with one attached hydrogen (secondary N) is 2. The molecular weight excluding hydrogens is 252 g/mol. The quantitative estimate of drug-likeness (QED) is 0.512. The zero-order valence-corrected chi connectivity index (χ0v) is 11.5. The lowest BCUT2D eigenvalue weighted by Crippen LogP contribution is -2.32. The number of nitrogen functional groups attached to an aromatic ring is 1. The van der Waals surface area contributed by atoms with Gasteiger partial charge in [0, 0.05) is 18.3 Å². The number of nitrogens with two attached hydrogens (primary N) is 1. The van der Waals surface area contributed by atoms with Gasteiger partial charge in [0.05, 0.1) is 4.90 Å². The summed E-state index contributed by atoms with van der Waals surface area (Å²) < 4.78 is 26.8. The third kappa shape index (κ3) is 4.25. The van der Waals surface area contributed by atoms with Crippen LogP contribution in [0, 0.1) is 0 Å². The molecule has 102 valence electrons. The number of rotatable bonds is 7. The van der Waals surface area contributed by atoms with E-state index in [0.717, 1.165) is 19.3 Å². The monoisotopic (exact) mass is 272 g/mol. The molecule has 0 fully saturated rings. The topological polar surface area (TPSA) is 97.1 Å². The fourth-order valence-corrected chi connectivity index (χ4v) is 2.85. The minimum absolute atomic E-state index is 0.0857. The van der Waals surface area contributed by atoms with Crippen molar-refractivity contribution in [2.75, 3.05) is 5.43 Å². The molecule has 1 atom stereocenters. The molecule has 0 aliphatic carbocycles. The van der Waals surface area contributed by atoms with Gasteiger partial charge in [0.15, 0.2) is 0 Å². The van der Waals surface area contributed by atoms with Crippen molar-refractivity contribution in [2.24, 2.45) is 5.84 Å². The van der Waals surface area contributed by atoms with Crippen molar-refractivity contribution >= 4 is 15.8 Å². The second-order valence-corrected chi connectivity index (χ2v) is 5.90. The summed E-state index contributed by atoms with van der Waals surface area (Å²) in [4.78, 5) is 4.03. The smallest absolute Gasteiger partial charge is 0.240 e. The number of hydrazine groups is 1. The summed E-state index contributed by atoms with van der Waals surface area (Å²) in [6.07, 6.45) is 4.27. The highest BCUT2D eigenvalue weighted by Crippen LogP contribution is 2.13. The maximum atomic E-state index is 12.1. The molecule has 0 spiro atoms. The van der Waals surface area contributed by atoms with E-state index in [1.165, 1.54) is 18.3 Å². The third-order valence-corrected chi connectivity index (χ3v) is 4.12. The lowest BCUT2D eigenvalue weighted by atomic mass is 10.2. The lowest BCUT2D eigenvalue weighted by molar-refractivity contribution is 0.534. The van der Waals surface area contributed by atoms with E-state index in [1.54, 1.807) is 0 Å². The van der Waals surface area contributed by atoms with Crippen LogP contribution in [-0.2, 0) is 10.0 Å². The van der Waals surface area contributed by atoms with Gasteiger partial charge in [-0.15, -0.1) is 0 Å². The first-order chi connectivity index (χ1) is 8.49. The largest absolute Gasteiger partial charge is 0.308 e. The molecule has 0 amide bonds. The first-order valence-electron chi connectivity index (χ1n) is 5.94. The van der Waals surface area contributed by atoms with E-state index in [4.69, 9.17) is 5.84 Å². The Morgan fingerprint density at radius 1 is 1.50 bits per heavy atom. The Bertz CT molecular complexity index is 476. The number of nitrogens with zero attached hydrogens (tertiary/aromatic N) is 1. The predicted octanol–water partition coefficient (Wildman–Crippen LogP) is 1.22. The molecule has 0 saturated carbocycles. The summed E-state index contributed by atoms with van der Waals surface area (Å²) >= 11 is 0. The van der Waals surface area contributed by atoms with Crippen LogP contribution in [0.2, 0.25) is 0 Å². The van der Waals surface area contributed by atoms with E-state index >= 15 is 0 Å². The fourth-order valence-electron chi connectivity index (χ4n) is 1.56. The van der Waals surface area contributed by atoms with E-state index in [0.29, 0.717) is 5.82 Å². The van der Waals surface area contributed by atoms with Gasteiger partial charge in [-0.2, -0.15) is 0 Å². The van der Waals surface area contributed by atoms with Gasteiger partial charge in [-0.05, 0) is 19.4 Å². The van der Waals surface area contributed by atoms with Crippen LogP contribution >= 0.6 is 0 Å². The number of sulfonamides is 1. The average Bonchev–Trinajstić information content (AvgIpc) is 2.36. The molecule has 0 aliphatic rings. The number of pyridine rings is 1. The lowest BCUT2D eigenvalue weighted by Gasteiger charge is -2.14. The Hall–Kier alpha value is -1.18. The summed E-state index contributed by atoms with van der Waals surface area (Å²) in [6, 6.07) is 2.75. The van der Waals surface area contributed by atoms with Crippen molar-refractivity contribution in [1.29, 1.82) is 0 Å². The highest BCUT2D eigenvalue weighted by atomic mass is 32.2. The van der Waals surface area contributed by atoms with E-state index in [9.17, 15) is 8.42 Å². The second kappa shape index (κ2) is 6.67. The van der Waals surface area contributed by atoms with E-state index < -0.39 is 10.0 Å². The zero-order chi connectivity index (χ0) is 13.6. The van der Waals surface area contributed by atoms with Crippen LogP contribution in [0.15, 0.2) is 23.2 Å².